The second-order valence-corrected chi connectivity index (χ2v) is 6.66. The van der Waals surface area contributed by atoms with Gasteiger partial charge in [-0.3, -0.25) is 4.79 Å². The van der Waals surface area contributed by atoms with E-state index in [1.165, 1.54) is 36.4 Å². The van der Waals surface area contributed by atoms with Crippen molar-refractivity contribution in [3.05, 3.63) is 65.0 Å². The molecule has 1 N–H and O–H groups in total. The van der Waals surface area contributed by atoms with Crippen LogP contribution >= 0.6 is 0 Å². The van der Waals surface area contributed by atoms with Gasteiger partial charge in [-0.1, -0.05) is 12.1 Å². The van der Waals surface area contributed by atoms with Gasteiger partial charge in [-0.25, -0.2) is 4.39 Å². The predicted molar refractivity (Wildman–Crippen MR) is 96.8 cm³/mol. The van der Waals surface area contributed by atoms with Crippen molar-refractivity contribution in [2.45, 2.75) is 19.7 Å². The van der Waals surface area contributed by atoms with Gasteiger partial charge in [0.1, 0.15) is 11.6 Å². The molecule has 0 fully saturated rings. The summed E-state index contributed by atoms with van der Waals surface area (Å²) in [5.74, 6) is -1.02. The van der Waals surface area contributed by atoms with Crippen LogP contribution in [0.1, 0.15) is 21.5 Å². The van der Waals surface area contributed by atoms with Crippen molar-refractivity contribution in [3.8, 4) is 16.9 Å². The molecule has 3 aromatic rings. The summed E-state index contributed by atoms with van der Waals surface area (Å²) in [5, 5.41) is 4.23. The summed E-state index contributed by atoms with van der Waals surface area (Å²) in [7, 11) is 0. The molecule has 3 aromatic carbocycles. The van der Waals surface area contributed by atoms with E-state index in [9.17, 15) is 22.4 Å². The molecule has 0 radical (unpaired) electrons. The van der Waals surface area contributed by atoms with Crippen molar-refractivity contribution in [2.24, 2.45) is 0 Å². The maximum Gasteiger partial charge on any atom is 0.573 e. The summed E-state index contributed by atoms with van der Waals surface area (Å²) in [6.07, 6.45) is -4.20. The number of alkyl halides is 3. The molecular formula is C21H15F4NO2. The van der Waals surface area contributed by atoms with E-state index in [4.69, 9.17) is 0 Å². The highest BCUT2D eigenvalue weighted by atomic mass is 19.4. The van der Waals surface area contributed by atoms with E-state index in [0.717, 1.165) is 10.9 Å². The highest BCUT2D eigenvalue weighted by Crippen LogP contribution is 2.37. The quantitative estimate of drug-likeness (QED) is 0.617. The third kappa shape index (κ3) is 3.28. The lowest BCUT2D eigenvalue weighted by molar-refractivity contribution is -0.274. The first-order valence-corrected chi connectivity index (χ1v) is 8.63. The molecule has 1 aliphatic heterocycles. The summed E-state index contributed by atoms with van der Waals surface area (Å²) in [6, 6.07) is 9.88. The minimum atomic E-state index is -4.78. The lowest BCUT2D eigenvalue weighted by Crippen LogP contribution is -2.23. The summed E-state index contributed by atoms with van der Waals surface area (Å²) in [6.45, 7) is 2.21. The topological polar surface area (TPSA) is 38.3 Å². The van der Waals surface area contributed by atoms with Gasteiger partial charge in [0.25, 0.3) is 5.91 Å². The van der Waals surface area contributed by atoms with Crippen LogP contribution in [0.5, 0.6) is 5.75 Å². The lowest BCUT2D eigenvalue weighted by atomic mass is 9.89. The van der Waals surface area contributed by atoms with Crippen LogP contribution in [0, 0.1) is 12.7 Å². The molecule has 28 heavy (non-hydrogen) atoms. The van der Waals surface area contributed by atoms with Crippen LogP contribution < -0.4 is 10.1 Å². The molecule has 144 valence electrons. The Morgan fingerprint density at radius 1 is 1.04 bits per heavy atom. The van der Waals surface area contributed by atoms with Gasteiger partial charge >= 0.3 is 6.36 Å². The van der Waals surface area contributed by atoms with Gasteiger partial charge in [0.05, 0.1) is 0 Å². The van der Waals surface area contributed by atoms with Gasteiger partial charge in [-0.2, -0.15) is 0 Å². The van der Waals surface area contributed by atoms with E-state index in [1.54, 1.807) is 6.92 Å². The van der Waals surface area contributed by atoms with Gasteiger partial charge in [0.15, 0.2) is 0 Å². The molecular weight excluding hydrogens is 374 g/mol. The van der Waals surface area contributed by atoms with Crippen molar-refractivity contribution in [1.29, 1.82) is 0 Å². The number of halogens is 4. The molecule has 2 bridgehead atoms. The Balaban J connectivity index is 1.91. The Morgan fingerprint density at radius 2 is 1.75 bits per heavy atom. The minimum absolute atomic E-state index is 0.197. The number of aryl methyl sites for hydroxylation is 1. The Bertz CT molecular complexity index is 1090. The summed E-state index contributed by atoms with van der Waals surface area (Å²) in [5.41, 5.74) is 3.18. The predicted octanol–water partition coefficient (Wildman–Crippen LogP) is 5.14. The second-order valence-electron chi connectivity index (χ2n) is 6.66. The number of benzene rings is 3. The summed E-state index contributed by atoms with van der Waals surface area (Å²) in [4.78, 5) is 12.2. The van der Waals surface area contributed by atoms with Crippen LogP contribution in [0.3, 0.4) is 0 Å². The zero-order chi connectivity index (χ0) is 20.1. The highest BCUT2D eigenvalue weighted by Gasteiger charge is 2.31. The monoisotopic (exact) mass is 389 g/mol. The van der Waals surface area contributed by atoms with E-state index in [0.29, 0.717) is 40.6 Å². The third-order valence-corrected chi connectivity index (χ3v) is 4.87. The molecule has 0 spiro atoms. The maximum absolute atomic E-state index is 14.4. The number of ether oxygens (including phenoxy) is 1. The van der Waals surface area contributed by atoms with E-state index in [1.807, 2.05) is 6.07 Å². The fourth-order valence-electron chi connectivity index (χ4n) is 3.65. The van der Waals surface area contributed by atoms with Crippen molar-refractivity contribution in [1.82, 2.24) is 5.32 Å². The molecule has 7 heteroatoms. The Hall–Kier alpha value is -3.09. The molecule has 0 saturated heterocycles. The van der Waals surface area contributed by atoms with Crippen LogP contribution in [0.2, 0.25) is 0 Å². The largest absolute Gasteiger partial charge is 0.573 e. The lowest BCUT2D eigenvalue weighted by Gasteiger charge is -2.15. The Labute approximate surface area is 157 Å². The SMILES string of the molecule is Cc1c2cc(c3c(-c4ccc(OC(F)(F)F)cc4)cc(F)cc13)CCNC2=O. The van der Waals surface area contributed by atoms with Crippen LogP contribution in [0.25, 0.3) is 21.9 Å². The van der Waals surface area contributed by atoms with Crippen LogP contribution in [-0.4, -0.2) is 18.8 Å². The van der Waals surface area contributed by atoms with Crippen LogP contribution in [-0.2, 0) is 6.42 Å². The van der Waals surface area contributed by atoms with Gasteiger partial charge < -0.3 is 10.1 Å². The van der Waals surface area contributed by atoms with E-state index < -0.39 is 12.2 Å². The molecule has 0 atom stereocenters. The molecule has 1 aliphatic rings. The molecule has 0 unspecified atom stereocenters. The van der Waals surface area contributed by atoms with Crippen molar-refractivity contribution >= 4 is 16.7 Å². The van der Waals surface area contributed by atoms with Gasteiger partial charge in [-0.05, 0) is 76.7 Å². The van der Waals surface area contributed by atoms with E-state index in [2.05, 4.69) is 10.1 Å². The maximum atomic E-state index is 14.4. The molecule has 4 rings (SSSR count). The number of amides is 1. The number of fused-ring (bicyclic) bond motifs is 4. The van der Waals surface area contributed by atoms with Crippen molar-refractivity contribution in [2.75, 3.05) is 6.54 Å². The Kier molecular flexibility index (Phi) is 4.25. The highest BCUT2D eigenvalue weighted by molar-refractivity contribution is 6.07. The zero-order valence-electron chi connectivity index (χ0n) is 14.8. The molecule has 0 saturated carbocycles. The number of rotatable bonds is 2. The first-order chi connectivity index (χ1) is 13.2. The number of nitrogens with one attached hydrogen (secondary N) is 1. The number of carbonyl (C=O) groups excluding carboxylic acids is 1. The fraction of sp³-hybridized carbons (Fsp3) is 0.190. The first kappa shape index (κ1) is 18.3. The van der Waals surface area contributed by atoms with Crippen molar-refractivity contribution < 1.29 is 27.1 Å². The summed E-state index contributed by atoms with van der Waals surface area (Å²) >= 11 is 0. The smallest absolute Gasteiger partial charge is 0.406 e. The zero-order valence-corrected chi connectivity index (χ0v) is 14.8. The van der Waals surface area contributed by atoms with Crippen molar-refractivity contribution in [3.63, 3.8) is 0 Å². The molecule has 0 aliphatic carbocycles. The second kappa shape index (κ2) is 6.51. The molecule has 3 nitrogen and oxygen atoms in total. The van der Waals surface area contributed by atoms with Gasteiger partial charge in [0, 0.05) is 12.1 Å². The van der Waals surface area contributed by atoms with E-state index in [-0.39, 0.29) is 11.7 Å². The van der Waals surface area contributed by atoms with Crippen LogP contribution in [0.4, 0.5) is 17.6 Å². The average molecular weight is 389 g/mol. The molecule has 1 heterocycles. The van der Waals surface area contributed by atoms with E-state index >= 15 is 0 Å². The Morgan fingerprint density at radius 3 is 2.43 bits per heavy atom. The normalized spacial score (nSPS) is 14.0. The first-order valence-electron chi connectivity index (χ1n) is 8.63. The minimum Gasteiger partial charge on any atom is -0.406 e. The number of hydrogen-bond acceptors (Lipinski definition) is 2. The van der Waals surface area contributed by atoms with Gasteiger partial charge in [-0.15, -0.1) is 13.2 Å². The fourth-order valence-corrected chi connectivity index (χ4v) is 3.65. The average Bonchev–Trinajstić information content (AvgIpc) is 2.78. The van der Waals surface area contributed by atoms with Crippen LogP contribution in [0.15, 0.2) is 42.5 Å². The number of carbonyl (C=O) groups is 1. The molecule has 1 amide bonds. The standard InChI is InChI=1S/C21H15F4NO2/c1-11-16-9-14(22)10-18(12-2-4-15(5-3-12)28-21(23,24)25)19(16)13-6-7-26-20(27)17(11)8-13/h2-5,8-10H,6-7H2,1H3,(H,26,27). The number of hydrogen-bond donors (Lipinski definition) is 1. The van der Waals surface area contributed by atoms with Gasteiger partial charge in [0.2, 0.25) is 0 Å². The molecule has 0 aromatic heterocycles. The third-order valence-electron chi connectivity index (χ3n) is 4.87. The summed E-state index contributed by atoms with van der Waals surface area (Å²) < 4.78 is 55.4.